The first-order valence-corrected chi connectivity index (χ1v) is 6.55. The Balaban J connectivity index is 2.09. The molecule has 1 heterocycles. The lowest BCUT2D eigenvalue weighted by Crippen LogP contribution is -2.45. The highest BCUT2D eigenvalue weighted by molar-refractivity contribution is 5.95. The third-order valence-corrected chi connectivity index (χ3v) is 3.65. The molecule has 5 heteroatoms. The normalized spacial score (nSPS) is 22.8. The van der Waals surface area contributed by atoms with Crippen molar-refractivity contribution in [1.82, 2.24) is 10.3 Å². The van der Waals surface area contributed by atoms with Gasteiger partial charge in [-0.1, -0.05) is 12.8 Å². The number of aromatic nitrogens is 1. The summed E-state index contributed by atoms with van der Waals surface area (Å²) in [5.41, 5.74) is 1.17. The van der Waals surface area contributed by atoms with E-state index in [4.69, 9.17) is 0 Å². The fourth-order valence-electron chi connectivity index (χ4n) is 2.57. The molecule has 0 aromatic carbocycles. The van der Waals surface area contributed by atoms with Gasteiger partial charge in [0, 0.05) is 17.9 Å². The second-order valence-corrected chi connectivity index (χ2v) is 4.95. The van der Waals surface area contributed by atoms with E-state index in [-0.39, 0.29) is 11.9 Å². The van der Waals surface area contributed by atoms with Gasteiger partial charge in [0.15, 0.2) is 0 Å². The van der Waals surface area contributed by atoms with Gasteiger partial charge in [0.1, 0.15) is 0 Å². The van der Waals surface area contributed by atoms with E-state index in [2.05, 4.69) is 10.3 Å². The van der Waals surface area contributed by atoms with E-state index >= 15 is 0 Å². The van der Waals surface area contributed by atoms with Crippen LogP contribution in [0.15, 0.2) is 18.3 Å². The molecule has 1 fully saturated rings. The van der Waals surface area contributed by atoms with E-state index in [1.165, 1.54) is 0 Å². The Morgan fingerprint density at radius 2 is 2.11 bits per heavy atom. The van der Waals surface area contributed by atoms with Gasteiger partial charge in [-0.3, -0.25) is 14.6 Å². The molecule has 2 N–H and O–H groups in total. The highest BCUT2D eigenvalue weighted by Crippen LogP contribution is 2.25. The van der Waals surface area contributed by atoms with Crippen molar-refractivity contribution in [3.63, 3.8) is 0 Å². The van der Waals surface area contributed by atoms with Gasteiger partial charge in [0.2, 0.25) is 0 Å². The zero-order valence-electron chi connectivity index (χ0n) is 10.9. The molecule has 0 aliphatic heterocycles. The van der Waals surface area contributed by atoms with Crippen LogP contribution in [0.5, 0.6) is 0 Å². The quantitative estimate of drug-likeness (QED) is 0.870. The Bertz CT molecular complexity index is 487. The molecule has 0 saturated heterocycles. The molecule has 2 unspecified atom stereocenters. The lowest BCUT2D eigenvalue weighted by Gasteiger charge is -2.29. The number of carbonyl (C=O) groups excluding carboxylic acids is 1. The van der Waals surface area contributed by atoms with Crippen molar-refractivity contribution in [2.75, 3.05) is 0 Å². The predicted molar refractivity (Wildman–Crippen MR) is 69.8 cm³/mol. The Labute approximate surface area is 112 Å². The third kappa shape index (κ3) is 3.10. The van der Waals surface area contributed by atoms with Crippen LogP contribution >= 0.6 is 0 Å². The summed E-state index contributed by atoms with van der Waals surface area (Å²) in [4.78, 5) is 27.4. The second-order valence-electron chi connectivity index (χ2n) is 4.95. The molecule has 1 aliphatic carbocycles. The van der Waals surface area contributed by atoms with Crippen molar-refractivity contribution < 1.29 is 14.7 Å². The first-order valence-electron chi connectivity index (χ1n) is 6.55. The summed E-state index contributed by atoms with van der Waals surface area (Å²) in [6.45, 7) is 1.77. The Morgan fingerprint density at radius 3 is 2.79 bits per heavy atom. The van der Waals surface area contributed by atoms with Gasteiger partial charge in [-0.15, -0.1) is 0 Å². The van der Waals surface area contributed by atoms with Gasteiger partial charge in [0.25, 0.3) is 5.91 Å². The number of nitrogens with one attached hydrogen (secondary N) is 1. The summed E-state index contributed by atoms with van der Waals surface area (Å²) in [5, 5.41) is 12.0. The second kappa shape index (κ2) is 5.82. The first kappa shape index (κ1) is 13.5. The summed E-state index contributed by atoms with van der Waals surface area (Å²) in [7, 11) is 0. The van der Waals surface area contributed by atoms with Gasteiger partial charge in [-0.25, -0.2) is 0 Å². The number of aryl methyl sites for hydroxylation is 1. The van der Waals surface area contributed by atoms with Crippen molar-refractivity contribution in [2.24, 2.45) is 5.92 Å². The summed E-state index contributed by atoms with van der Waals surface area (Å²) >= 11 is 0. The molecule has 1 amide bonds. The van der Waals surface area contributed by atoms with Gasteiger partial charge < -0.3 is 10.4 Å². The SMILES string of the molecule is Cc1ncccc1C(=O)NC1CCCCC1C(=O)O. The van der Waals surface area contributed by atoms with Crippen LogP contribution in [0, 0.1) is 12.8 Å². The Morgan fingerprint density at radius 1 is 1.37 bits per heavy atom. The van der Waals surface area contributed by atoms with Crippen LogP contribution in [-0.4, -0.2) is 28.0 Å². The highest BCUT2D eigenvalue weighted by atomic mass is 16.4. The van der Waals surface area contributed by atoms with Gasteiger partial charge in [-0.05, 0) is 31.9 Å². The highest BCUT2D eigenvalue weighted by Gasteiger charge is 2.32. The molecular formula is C14H18N2O3. The minimum absolute atomic E-state index is 0.233. The maximum absolute atomic E-state index is 12.2. The maximum Gasteiger partial charge on any atom is 0.308 e. The van der Waals surface area contributed by atoms with Crippen molar-refractivity contribution in [1.29, 1.82) is 0 Å². The fraction of sp³-hybridized carbons (Fsp3) is 0.500. The van der Waals surface area contributed by atoms with E-state index < -0.39 is 11.9 Å². The molecule has 19 heavy (non-hydrogen) atoms. The monoisotopic (exact) mass is 262 g/mol. The molecule has 1 aliphatic rings. The number of nitrogens with zero attached hydrogens (tertiary/aromatic N) is 1. The van der Waals surface area contributed by atoms with E-state index in [1.807, 2.05) is 0 Å². The molecule has 0 spiro atoms. The molecule has 0 bridgehead atoms. The standard InChI is InChI=1S/C14H18N2O3/c1-9-10(6-4-8-15-9)13(17)16-12-7-3-2-5-11(12)14(18)19/h4,6,8,11-12H,2-3,5,7H2,1H3,(H,16,17)(H,18,19). The summed E-state index contributed by atoms with van der Waals surface area (Å²) in [5.74, 6) is -1.54. The molecule has 2 rings (SSSR count). The summed E-state index contributed by atoms with van der Waals surface area (Å²) < 4.78 is 0. The smallest absolute Gasteiger partial charge is 0.308 e. The zero-order chi connectivity index (χ0) is 13.8. The zero-order valence-corrected chi connectivity index (χ0v) is 10.9. The minimum atomic E-state index is -0.826. The lowest BCUT2D eigenvalue weighted by molar-refractivity contribution is -0.143. The number of amides is 1. The van der Waals surface area contributed by atoms with Crippen molar-refractivity contribution >= 4 is 11.9 Å². The van der Waals surface area contributed by atoms with Gasteiger partial charge >= 0.3 is 5.97 Å². The molecule has 102 valence electrons. The van der Waals surface area contributed by atoms with E-state index in [0.717, 1.165) is 19.3 Å². The topological polar surface area (TPSA) is 79.3 Å². The van der Waals surface area contributed by atoms with Crippen LogP contribution in [-0.2, 0) is 4.79 Å². The average Bonchev–Trinajstić information content (AvgIpc) is 2.39. The van der Waals surface area contributed by atoms with Crippen LogP contribution in [0.3, 0.4) is 0 Å². The van der Waals surface area contributed by atoms with Crippen molar-refractivity contribution in [3.8, 4) is 0 Å². The summed E-state index contributed by atoms with van der Waals surface area (Å²) in [6, 6.07) is 3.13. The molecule has 1 aromatic rings. The number of hydrogen-bond donors (Lipinski definition) is 2. The first-order chi connectivity index (χ1) is 9.09. The number of pyridine rings is 1. The van der Waals surface area contributed by atoms with E-state index in [0.29, 0.717) is 17.7 Å². The van der Waals surface area contributed by atoms with E-state index in [1.54, 1.807) is 25.3 Å². The molecule has 1 saturated carbocycles. The lowest BCUT2D eigenvalue weighted by atomic mass is 9.84. The number of carbonyl (C=O) groups is 2. The van der Waals surface area contributed by atoms with Gasteiger partial charge in [-0.2, -0.15) is 0 Å². The molecule has 0 radical (unpaired) electrons. The van der Waals surface area contributed by atoms with E-state index in [9.17, 15) is 14.7 Å². The number of carboxylic acids is 1. The van der Waals surface area contributed by atoms with Crippen molar-refractivity contribution in [3.05, 3.63) is 29.6 Å². The minimum Gasteiger partial charge on any atom is -0.481 e. The van der Waals surface area contributed by atoms with Crippen LogP contribution < -0.4 is 5.32 Å². The number of hydrogen-bond acceptors (Lipinski definition) is 3. The molecular weight excluding hydrogens is 244 g/mol. The predicted octanol–water partition coefficient (Wildman–Crippen LogP) is 1.76. The molecule has 2 atom stereocenters. The van der Waals surface area contributed by atoms with Crippen LogP contribution in [0.4, 0.5) is 0 Å². The number of carboxylic acid groups (broad SMARTS) is 1. The fourth-order valence-corrected chi connectivity index (χ4v) is 2.57. The number of aliphatic carboxylic acids is 1. The molecule has 1 aromatic heterocycles. The van der Waals surface area contributed by atoms with Crippen LogP contribution in [0.25, 0.3) is 0 Å². The van der Waals surface area contributed by atoms with Crippen LogP contribution in [0.1, 0.15) is 41.7 Å². The number of rotatable bonds is 3. The van der Waals surface area contributed by atoms with Crippen molar-refractivity contribution in [2.45, 2.75) is 38.6 Å². The van der Waals surface area contributed by atoms with Gasteiger partial charge in [0.05, 0.1) is 11.5 Å². The summed E-state index contributed by atoms with van der Waals surface area (Å²) in [6.07, 6.45) is 4.86. The maximum atomic E-state index is 12.2. The average molecular weight is 262 g/mol. The largest absolute Gasteiger partial charge is 0.481 e. The Hall–Kier alpha value is -1.91. The Kier molecular flexibility index (Phi) is 4.14. The molecule has 5 nitrogen and oxygen atoms in total. The third-order valence-electron chi connectivity index (χ3n) is 3.65. The van der Waals surface area contributed by atoms with Crippen LogP contribution in [0.2, 0.25) is 0 Å².